The summed E-state index contributed by atoms with van der Waals surface area (Å²) in [4.78, 5) is 0. The molecular formula is C2H3F3OS2. The van der Waals surface area contributed by atoms with Crippen LogP contribution in [0.5, 0.6) is 0 Å². The van der Waals surface area contributed by atoms with Gasteiger partial charge in [0.25, 0.3) is 0 Å². The Kier molecular flexibility index (Phi) is 2.82. The Morgan fingerprint density at radius 1 is 1.50 bits per heavy atom. The third kappa shape index (κ3) is 2.56. The Balaban J connectivity index is 3.82. The molecule has 1 atom stereocenters. The molecule has 50 valence electrons. The smallest absolute Gasteiger partial charge is 0.250 e. The van der Waals surface area contributed by atoms with E-state index in [1.54, 1.807) is 0 Å². The average Bonchev–Trinajstić information content (AvgIpc) is 1.62. The quantitative estimate of drug-likeness (QED) is 0.575. The number of thiol groups is 1. The van der Waals surface area contributed by atoms with Gasteiger partial charge in [0.1, 0.15) is 10.8 Å². The monoisotopic (exact) mass is 164 g/mol. The number of halogens is 3. The van der Waals surface area contributed by atoms with E-state index in [0.717, 1.165) is 0 Å². The minimum atomic E-state index is -4.60. The molecule has 0 aliphatic heterocycles. The molecule has 0 aromatic heterocycles. The van der Waals surface area contributed by atoms with Crippen LogP contribution in [0.15, 0.2) is 0 Å². The summed E-state index contributed by atoms with van der Waals surface area (Å²) in [6.07, 6.45) is 0. The van der Waals surface area contributed by atoms with Crippen molar-refractivity contribution in [3.63, 3.8) is 0 Å². The molecule has 8 heavy (non-hydrogen) atoms. The van der Waals surface area contributed by atoms with Crippen molar-refractivity contribution in [1.82, 2.24) is 0 Å². The van der Waals surface area contributed by atoms with Gasteiger partial charge in [0.2, 0.25) is 0 Å². The van der Waals surface area contributed by atoms with E-state index in [0.29, 0.717) is 0 Å². The van der Waals surface area contributed by atoms with Gasteiger partial charge in [-0.1, -0.05) is 0 Å². The molecule has 0 aromatic rings. The lowest BCUT2D eigenvalue weighted by Gasteiger charge is -2.00. The summed E-state index contributed by atoms with van der Waals surface area (Å²) in [5.74, 6) is 0. The summed E-state index contributed by atoms with van der Waals surface area (Å²) in [5, 5.41) is -0.663. The average molecular weight is 164 g/mol. The first-order chi connectivity index (χ1) is 3.48. The predicted molar refractivity (Wildman–Crippen MR) is 28.1 cm³/mol. The van der Waals surface area contributed by atoms with Gasteiger partial charge in [0.05, 0.1) is 5.08 Å². The first-order valence-corrected chi connectivity index (χ1v) is 3.49. The second-order valence-corrected chi connectivity index (χ2v) is 3.11. The van der Waals surface area contributed by atoms with Gasteiger partial charge in [-0.05, 0) is 0 Å². The Labute approximate surface area is 52.1 Å². The highest BCUT2D eigenvalue weighted by Gasteiger charge is 2.35. The third-order valence-electron chi connectivity index (χ3n) is 0.375. The summed E-state index contributed by atoms with van der Waals surface area (Å²) < 4.78 is 43.0. The van der Waals surface area contributed by atoms with Crippen LogP contribution in [-0.4, -0.2) is 14.8 Å². The molecule has 0 spiro atoms. The Bertz CT molecular complexity index is 97.9. The Morgan fingerprint density at radius 2 is 1.88 bits per heavy atom. The van der Waals surface area contributed by atoms with E-state index in [2.05, 4.69) is 12.6 Å². The van der Waals surface area contributed by atoms with E-state index in [9.17, 15) is 17.4 Å². The van der Waals surface area contributed by atoms with Crippen molar-refractivity contribution in [3.05, 3.63) is 0 Å². The lowest BCUT2D eigenvalue weighted by atomic mass is 11.6. The van der Waals surface area contributed by atoms with Crippen molar-refractivity contribution in [2.45, 2.75) is 5.51 Å². The summed E-state index contributed by atoms with van der Waals surface area (Å²) >= 11 is 3.19. The van der Waals surface area contributed by atoms with Gasteiger partial charge < -0.3 is 0 Å². The molecule has 0 saturated heterocycles. The molecule has 0 rings (SSSR count). The van der Waals surface area contributed by atoms with Gasteiger partial charge in [-0.25, -0.2) is 4.21 Å². The third-order valence-corrected chi connectivity index (χ3v) is 1.83. The number of hydrogen-bond acceptors (Lipinski definition) is 2. The summed E-state index contributed by atoms with van der Waals surface area (Å²) in [6.45, 7) is 0. The first kappa shape index (κ1) is 8.29. The maximum atomic E-state index is 11.1. The zero-order valence-corrected chi connectivity index (χ0v) is 5.32. The van der Waals surface area contributed by atoms with Crippen LogP contribution in [0.25, 0.3) is 0 Å². The van der Waals surface area contributed by atoms with Crippen LogP contribution < -0.4 is 0 Å². The number of rotatable bonds is 1. The standard InChI is InChI=1S/C2H3F3OS2/c3-2(4,5)8(6)1-7/h7H,1H2. The maximum absolute atomic E-state index is 11.1. The highest BCUT2D eigenvalue weighted by Crippen LogP contribution is 2.19. The van der Waals surface area contributed by atoms with E-state index in [1.165, 1.54) is 0 Å². The van der Waals surface area contributed by atoms with Gasteiger partial charge in [0, 0.05) is 0 Å². The molecule has 0 fully saturated rings. The van der Waals surface area contributed by atoms with Gasteiger partial charge in [0.15, 0.2) is 0 Å². The molecule has 0 N–H and O–H groups in total. The Hall–Kier alpha value is 0.290. The highest BCUT2D eigenvalue weighted by atomic mass is 32.2. The highest BCUT2D eigenvalue weighted by molar-refractivity contribution is 8.00. The van der Waals surface area contributed by atoms with Gasteiger partial charge in [-0.15, -0.1) is 0 Å². The molecular weight excluding hydrogens is 161 g/mol. The fraction of sp³-hybridized carbons (Fsp3) is 1.00. The molecule has 1 nitrogen and oxygen atoms in total. The molecule has 0 aliphatic rings. The summed E-state index contributed by atoms with van der Waals surface area (Å²) in [7, 11) is -2.78. The molecule has 0 amide bonds. The van der Waals surface area contributed by atoms with Crippen molar-refractivity contribution in [3.8, 4) is 0 Å². The van der Waals surface area contributed by atoms with E-state index in [4.69, 9.17) is 0 Å². The maximum Gasteiger partial charge on any atom is 0.472 e. The van der Waals surface area contributed by atoms with Crippen molar-refractivity contribution in [1.29, 1.82) is 0 Å². The van der Waals surface area contributed by atoms with Crippen molar-refractivity contribution < 1.29 is 17.4 Å². The van der Waals surface area contributed by atoms with E-state index in [-0.39, 0.29) is 0 Å². The predicted octanol–water partition coefficient (Wildman–Crippen LogP) is 1.14. The topological polar surface area (TPSA) is 17.1 Å². The fourth-order valence-corrected chi connectivity index (χ4v) is 0.659. The lowest BCUT2D eigenvalue weighted by molar-refractivity contribution is -0.0380. The van der Waals surface area contributed by atoms with Crippen molar-refractivity contribution in [2.24, 2.45) is 0 Å². The SMILES string of the molecule is O=S(CS)C(F)(F)F. The van der Waals surface area contributed by atoms with E-state index < -0.39 is 21.4 Å². The van der Waals surface area contributed by atoms with Crippen LogP contribution >= 0.6 is 12.6 Å². The second-order valence-electron chi connectivity index (χ2n) is 0.920. The zero-order chi connectivity index (χ0) is 6.78. The van der Waals surface area contributed by atoms with E-state index in [1.807, 2.05) is 0 Å². The molecule has 6 heteroatoms. The van der Waals surface area contributed by atoms with Crippen LogP contribution in [0.4, 0.5) is 13.2 Å². The van der Waals surface area contributed by atoms with Crippen LogP contribution in [0.2, 0.25) is 0 Å². The molecule has 0 heterocycles. The van der Waals surface area contributed by atoms with Gasteiger partial charge in [-0.2, -0.15) is 25.8 Å². The summed E-state index contributed by atoms with van der Waals surface area (Å²) in [6, 6.07) is 0. The molecule has 1 unspecified atom stereocenters. The minimum absolute atomic E-state index is 0.663. The molecule has 0 radical (unpaired) electrons. The van der Waals surface area contributed by atoms with Crippen molar-refractivity contribution in [2.75, 3.05) is 5.08 Å². The largest absolute Gasteiger partial charge is 0.472 e. The molecule has 0 aliphatic carbocycles. The number of alkyl halides is 3. The summed E-state index contributed by atoms with van der Waals surface area (Å²) in [5.41, 5.74) is -4.60. The van der Waals surface area contributed by atoms with Gasteiger partial charge >= 0.3 is 5.51 Å². The zero-order valence-electron chi connectivity index (χ0n) is 3.60. The van der Waals surface area contributed by atoms with Crippen molar-refractivity contribution >= 4 is 23.4 Å². The van der Waals surface area contributed by atoms with Gasteiger partial charge in [-0.3, -0.25) is 0 Å². The van der Waals surface area contributed by atoms with E-state index >= 15 is 0 Å². The van der Waals surface area contributed by atoms with Crippen LogP contribution in [0.3, 0.4) is 0 Å². The fourth-order valence-electron chi connectivity index (χ4n) is 0.0732. The molecule has 0 aromatic carbocycles. The lowest BCUT2D eigenvalue weighted by Crippen LogP contribution is -2.16. The normalized spacial score (nSPS) is 16.0. The first-order valence-electron chi connectivity index (χ1n) is 1.54. The Morgan fingerprint density at radius 3 is 1.88 bits per heavy atom. The molecule has 0 bridgehead atoms. The van der Waals surface area contributed by atoms with Crippen LogP contribution in [-0.2, 0) is 10.8 Å². The van der Waals surface area contributed by atoms with Crippen LogP contribution in [0, 0.1) is 0 Å². The minimum Gasteiger partial charge on any atom is -0.250 e. The number of hydrogen-bond donors (Lipinski definition) is 1. The van der Waals surface area contributed by atoms with Crippen LogP contribution in [0.1, 0.15) is 0 Å². The molecule has 0 saturated carbocycles. The second kappa shape index (κ2) is 2.72.